The largest absolute Gasteiger partial charge is 0.452 e. The molecule has 0 heterocycles. The molecule has 6 heteroatoms. The quantitative estimate of drug-likeness (QED) is 0.650. The zero-order chi connectivity index (χ0) is 8.91. The molecule has 0 nitrogen and oxygen atoms in total. The summed E-state index contributed by atoms with van der Waals surface area (Å²) in [5.74, 6) is 0. The summed E-state index contributed by atoms with van der Waals surface area (Å²) in [5.41, 5.74) is -4.11. The monoisotopic (exact) mass is 222 g/mol. The third-order valence-corrected chi connectivity index (χ3v) is 5.22. The van der Waals surface area contributed by atoms with Crippen LogP contribution in [0.2, 0.25) is 0 Å². The van der Waals surface area contributed by atoms with E-state index in [1.54, 1.807) is 0 Å². The van der Waals surface area contributed by atoms with E-state index in [-0.39, 0.29) is 16.0 Å². The van der Waals surface area contributed by atoms with E-state index in [0.717, 1.165) is 16.2 Å². The summed E-state index contributed by atoms with van der Waals surface area (Å²) in [6.07, 6.45) is 0.899. The number of halogens is 3. The van der Waals surface area contributed by atoms with Gasteiger partial charge in [-0.15, -0.1) is 0 Å². The Bertz CT molecular complexity index is 104. The molecule has 0 aromatic rings. The lowest BCUT2D eigenvalue weighted by Crippen LogP contribution is -1.96. The minimum absolute atomic E-state index is 0.0431. The maximum atomic E-state index is 11.5. The van der Waals surface area contributed by atoms with Gasteiger partial charge in [-0.05, 0) is 16.2 Å². The van der Waals surface area contributed by atoms with Crippen LogP contribution < -0.4 is 0 Å². The van der Waals surface area contributed by atoms with Crippen LogP contribution in [0.3, 0.4) is 0 Å². The predicted molar refractivity (Wildman–Crippen MR) is 48.6 cm³/mol. The molecule has 0 aliphatic heterocycles. The summed E-state index contributed by atoms with van der Waals surface area (Å²) in [4.78, 5) is 0. The standard InChI is InChI=1S/C5H9F3S3/c1-3-4(2)9-11-10-5(6,7)8/h4H,3H2,1-2H3. The topological polar surface area (TPSA) is 0 Å². The fraction of sp³-hybridized carbons (Fsp3) is 1.00. The lowest BCUT2D eigenvalue weighted by atomic mass is 10.4. The normalized spacial score (nSPS) is 15.0. The average molecular weight is 222 g/mol. The van der Waals surface area contributed by atoms with Gasteiger partial charge in [0.25, 0.3) is 0 Å². The van der Waals surface area contributed by atoms with Gasteiger partial charge in [0.2, 0.25) is 0 Å². The third kappa shape index (κ3) is 8.75. The summed E-state index contributed by atoms with van der Waals surface area (Å²) in [7, 11) is 2.02. The molecule has 0 aliphatic carbocycles. The molecule has 1 atom stereocenters. The van der Waals surface area contributed by atoms with Crippen molar-refractivity contribution in [3.8, 4) is 0 Å². The van der Waals surface area contributed by atoms with Crippen LogP contribution in [-0.4, -0.2) is 10.8 Å². The van der Waals surface area contributed by atoms with Gasteiger partial charge in [0.15, 0.2) is 0 Å². The maximum Gasteiger partial charge on any atom is 0.452 e. The van der Waals surface area contributed by atoms with Gasteiger partial charge in [-0.25, -0.2) is 0 Å². The minimum atomic E-state index is -4.11. The van der Waals surface area contributed by atoms with E-state index < -0.39 is 5.51 Å². The van der Waals surface area contributed by atoms with E-state index in [0.29, 0.717) is 0 Å². The first-order valence-corrected chi connectivity index (χ1v) is 6.58. The van der Waals surface area contributed by atoms with Gasteiger partial charge >= 0.3 is 5.51 Å². The molecule has 0 fully saturated rings. The van der Waals surface area contributed by atoms with Crippen molar-refractivity contribution in [3.05, 3.63) is 0 Å². The molecule has 0 spiro atoms. The first kappa shape index (κ1) is 11.8. The third-order valence-electron chi connectivity index (χ3n) is 0.907. The lowest BCUT2D eigenvalue weighted by molar-refractivity contribution is -0.0311. The highest BCUT2D eigenvalue weighted by molar-refractivity contribution is 9.09. The second kappa shape index (κ2) is 5.48. The Labute approximate surface area is 75.9 Å². The minimum Gasteiger partial charge on any atom is -0.160 e. The fourth-order valence-corrected chi connectivity index (χ4v) is 3.99. The summed E-state index contributed by atoms with van der Waals surface area (Å²) in [5, 5.41) is 0.287. The molecule has 11 heavy (non-hydrogen) atoms. The van der Waals surface area contributed by atoms with Crippen molar-refractivity contribution < 1.29 is 13.2 Å². The number of rotatable bonds is 4. The molecule has 0 aromatic carbocycles. The molecule has 0 rings (SSSR count). The second-order valence-electron chi connectivity index (χ2n) is 1.91. The summed E-state index contributed by atoms with van der Waals surface area (Å²) in [6, 6.07) is 0. The Kier molecular flexibility index (Phi) is 5.90. The first-order chi connectivity index (χ1) is 4.95. The second-order valence-corrected chi connectivity index (χ2v) is 6.39. The van der Waals surface area contributed by atoms with Crippen molar-refractivity contribution in [2.45, 2.75) is 31.0 Å². The lowest BCUT2D eigenvalue weighted by Gasteiger charge is -2.07. The molecule has 1 unspecified atom stereocenters. The van der Waals surface area contributed by atoms with E-state index in [4.69, 9.17) is 0 Å². The SMILES string of the molecule is CCC(C)SSSC(F)(F)F. The molecular weight excluding hydrogens is 213 g/mol. The van der Waals surface area contributed by atoms with Crippen LogP contribution in [0.5, 0.6) is 0 Å². The Morgan fingerprint density at radius 2 is 1.91 bits per heavy atom. The van der Waals surface area contributed by atoms with Crippen LogP contribution in [0, 0.1) is 0 Å². The average Bonchev–Trinajstić information content (AvgIpc) is 1.85. The molecule has 0 radical (unpaired) electrons. The smallest absolute Gasteiger partial charge is 0.160 e. The highest BCUT2D eigenvalue weighted by atomic mass is 33.5. The highest BCUT2D eigenvalue weighted by Crippen LogP contribution is 2.47. The van der Waals surface area contributed by atoms with Crippen molar-refractivity contribution >= 4 is 31.4 Å². The van der Waals surface area contributed by atoms with Crippen LogP contribution in [0.25, 0.3) is 0 Å². The van der Waals surface area contributed by atoms with Crippen LogP contribution in [0.1, 0.15) is 20.3 Å². The Morgan fingerprint density at radius 1 is 1.36 bits per heavy atom. The van der Waals surface area contributed by atoms with Gasteiger partial charge in [-0.1, -0.05) is 24.6 Å². The van der Waals surface area contributed by atoms with Crippen LogP contribution in [-0.2, 0) is 0 Å². The van der Waals surface area contributed by atoms with E-state index in [1.807, 2.05) is 13.8 Å². The zero-order valence-corrected chi connectivity index (χ0v) is 8.59. The van der Waals surface area contributed by atoms with E-state index in [9.17, 15) is 13.2 Å². The van der Waals surface area contributed by atoms with Crippen LogP contribution in [0.4, 0.5) is 13.2 Å². The fourth-order valence-electron chi connectivity index (χ4n) is 0.193. The van der Waals surface area contributed by atoms with Gasteiger partial charge in [0.1, 0.15) is 0 Å². The molecule has 0 saturated heterocycles. The first-order valence-electron chi connectivity index (χ1n) is 3.03. The molecule has 0 N–H and O–H groups in total. The van der Waals surface area contributed by atoms with Crippen molar-refractivity contribution in [1.82, 2.24) is 0 Å². The molecule has 0 bridgehead atoms. The number of alkyl halides is 3. The molecule has 0 saturated carbocycles. The van der Waals surface area contributed by atoms with Gasteiger partial charge in [-0.2, -0.15) is 13.2 Å². The Morgan fingerprint density at radius 3 is 2.27 bits per heavy atom. The molecular formula is C5H9F3S3. The highest BCUT2D eigenvalue weighted by Gasteiger charge is 2.29. The molecule has 68 valence electrons. The van der Waals surface area contributed by atoms with Crippen molar-refractivity contribution in [3.63, 3.8) is 0 Å². The van der Waals surface area contributed by atoms with Gasteiger partial charge in [0, 0.05) is 16.0 Å². The molecule has 0 aromatic heterocycles. The summed E-state index contributed by atoms with van der Waals surface area (Å²) < 4.78 is 34.6. The molecule has 0 amide bonds. The van der Waals surface area contributed by atoms with E-state index in [2.05, 4.69) is 0 Å². The summed E-state index contributed by atoms with van der Waals surface area (Å²) >= 11 is 0. The van der Waals surface area contributed by atoms with Crippen molar-refractivity contribution in [1.29, 1.82) is 0 Å². The van der Waals surface area contributed by atoms with Gasteiger partial charge in [0.05, 0.1) is 0 Å². The van der Waals surface area contributed by atoms with Crippen LogP contribution >= 0.6 is 31.4 Å². The van der Waals surface area contributed by atoms with Crippen molar-refractivity contribution in [2.75, 3.05) is 0 Å². The molecule has 0 aliphatic rings. The van der Waals surface area contributed by atoms with E-state index >= 15 is 0 Å². The van der Waals surface area contributed by atoms with Gasteiger partial charge in [-0.3, -0.25) is 0 Å². The van der Waals surface area contributed by atoms with E-state index in [1.165, 1.54) is 10.8 Å². The Hall–Kier alpha value is 0.840. The summed E-state index contributed by atoms with van der Waals surface area (Å²) in [6.45, 7) is 3.87. The predicted octanol–water partition coefficient (Wildman–Crippen LogP) is 4.33. The maximum absolute atomic E-state index is 11.5. The van der Waals surface area contributed by atoms with Crippen LogP contribution in [0.15, 0.2) is 0 Å². The zero-order valence-electron chi connectivity index (χ0n) is 6.14. The van der Waals surface area contributed by atoms with Crippen molar-refractivity contribution in [2.24, 2.45) is 0 Å². The number of hydrogen-bond acceptors (Lipinski definition) is 3. The Balaban J connectivity index is 3.28. The number of hydrogen-bond donors (Lipinski definition) is 0. The van der Waals surface area contributed by atoms with Gasteiger partial charge < -0.3 is 0 Å².